The summed E-state index contributed by atoms with van der Waals surface area (Å²) in [4.78, 5) is 5.11. The number of rotatable bonds is 8. The molecule has 1 N–H and O–H groups in total. The molecule has 3 nitrogen and oxygen atoms in total. The van der Waals surface area contributed by atoms with Crippen molar-refractivity contribution in [2.75, 3.05) is 39.8 Å². The van der Waals surface area contributed by atoms with Crippen molar-refractivity contribution in [1.29, 1.82) is 0 Å². The summed E-state index contributed by atoms with van der Waals surface area (Å²) in [5, 5.41) is 3.61. The summed E-state index contributed by atoms with van der Waals surface area (Å²) < 4.78 is 0. The van der Waals surface area contributed by atoms with Gasteiger partial charge in [0.15, 0.2) is 0 Å². The monoisotopic (exact) mass is 255 g/mol. The van der Waals surface area contributed by atoms with Gasteiger partial charge in [0.05, 0.1) is 0 Å². The van der Waals surface area contributed by atoms with E-state index in [0.717, 1.165) is 25.0 Å². The summed E-state index contributed by atoms with van der Waals surface area (Å²) in [7, 11) is 2.26. The first-order valence-electron chi connectivity index (χ1n) is 7.70. The molecule has 1 heterocycles. The van der Waals surface area contributed by atoms with Gasteiger partial charge < -0.3 is 10.2 Å². The van der Waals surface area contributed by atoms with Crippen molar-refractivity contribution in [2.45, 2.75) is 52.6 Å². The molecule has 1 fully saturated rings. The van der Waals surface area contributed by atoms with Gasteiger partial charge >= 0.3 is 0 Å². The van der Waals surface area contributed by atoms with E-state index >= 15 is 0 Å². The fraction of sp³-hybridized carbons (Fsp3) is 1.00. The zero-order valence-electron chi connectivity index (χ0n) is 13.1. The van der Waals surface area contributed by atoms with Crippen molar-refractivity contribution in [3.63, 3.8) is 0 Å². The van der Waals surface area contributed by atoms with Gasteiger partial charge in [-0.15, -0.1) is 0 Å². The van der Waals surface area contributed by atoms with E-state index in [0.29, 0.717) is 6.04 Å². The van der Waals surface area contributed by atoms with E-state index in [1.807, 2.05) is 0 Å². The average molecular weight is 255 g/mol. The van der Waals surface area contributed by atoms with Crippen LogP contribution in [0.1, 0.15) is 40.5 Å². The Labute approximate surface area is 114 Å². The zero-order chi connectivity index (χ0) is 13.5. The number of nitrogens with zero attached hydrogens (tertiary/aromatic N) is 2. The lowest BCUT2D eigenvalue weighted by Gasteiger charge is -2.28. The van der Waals surface area contributed by atoms with Crippen LogP contribution in [-0.4, -0.2) is 61.7 Å². The Morgan fingerprint density at radius 2 is 2.06 bits per heavy atom. The molecule has 0 aromatic carbocycles. The number of likely N-dealkylation sites (tertiary alicyclic amines) is 1. The summed E-state index contributed by atoms with van der Waals surface area (Å²) in [5.41, 5.74) is 0. The molecule has 2 atom stereocenters. The lowest BCUT2D eigenvalue weighted by Crippen LogP contribution is -2.42. The molecule has 108 valence electrons. The summed E-state index contributed by atoms with van der Waals surface area (Å²) >= 11 is 0. The molecule has 0 bridgehead atoms. The summed E-state index contributed by atoms with van der Waals surface area (Å²) in [6.07, 6.45) is 2.77. The molecule has 0 spiro atoms. The molecule has 2 unspecified atom stereocenters. The highest BCUT2D eigenvalue weighted by Crippen LogP contribution is 2.16. The van der Waals surface area contributed by atoms with Gasteiger partial charge in [-0.1, -0.05) is 20.8 Å². The van der Waals surface area contributed by atoms with Crippen molar-refractivity contribution in [1.82, 2.24) is 15.1 Å². The van der Waals surface area contributed by atoms with Crippen molar-refractivity contribution in [3.05, 3.63) is 0 Å². The standard InChI is InChI=1S/C15H33N3/c1-6-18-10-7-8-15(18)12-17(5)11-9-16-14(4)13(2)3/h13-16H,6-12H2,1-5H3. The minimum atomic E-state index is 0.622. The van der Waals surface area contributed by atoms with Crippen LogP contribution in [0.15, 0.2) is 0 Å². The second-order valence-corrected chi connectivity index (χ2v) is 6.17. The fourth-order valence-electron chi connectivity index (χ4n) is 2.69. The van der Waals surface area contributed by atoms with Crippen LogP contribution in [0.5, 0.6) is 0 Å². The van der Waals surface area contributed by atoms with Crippen LogP contribution in [-0.2, 0) is 0 Å². The number of hydrogen-bond donors (Lipinski definition) is 1. The van der Waals surface area contributed by atoms with E-state index in [1.165, 1.54) is 32.5 Å². The summed E-state index contributed by atoms with van der Waals surface area (Å²) in [5.74, 6) is 0.723. The van der Waals surface area contributed by atoms with Gasteiger partial charge in [0.25, 0.3) is 0 Å². The Hall–Kier alpha value is -0.120. The maximum atomic E-state index is 3.61. The molecule has 0 aliphatic carbocycles. The van der Waals surface area contributed by atoms with Crippen molar-refractivity contribution in [2.24, 2.45) is 5.92 Å². The highest BCUT2D eigenvalue weighted by atomic mass is 15.2. The lowest BCUT2D eigenvalue weighted by atomic mass is 10.1. The second-order valence-electron chi connectivity index (χ2n) is 6.17. The van der Waals surface area contributed by atoms with Crippen LogP contribution in [0.3, 0.4) is 0 Å². The second kappa shape index (κ2) is 8.13. The fourth-order valence-corrected chi connectivity index (χ4v) is 2.69. The largest absolute Gasteiger partial charge is 0.313 e. The van der Waals surface area contributed by atoms with E-state index < -0.39 is 0 Å². The van der Waals surface area contributed by atoms with E-state index in [2.05, 4.69) is 49.9 Å². The topological polar surface area (TPSA) is 18.5 Å². The zero-order valence-corrected chi connectivity index (χ0v) is 13.1. The van der Waals surface area contributed by atoms with Crippen molar-refractivity contribution >= 4 is 0 Å². The third-order valence-corrected chi connectivity index (χ3v) is 4.39. The highest BCUT2D eigenvalue weighted by molar-refractivity contribution is 4.80. The van der Waals surface area contributed by atoms with Crippen LogP contribution in [0.25, 0.3) is 0 Å². The highest BCUT2D eigenvalue weighted by Gasteiger charge is 2.23. The molecule has 18 heavy (non-hydrogen) atoms. The summed E-state index contributed by atoms with van der Waals surface area (Å²) in [6, 6.07) is 1.42. The van der Waals surface area contributed by atoms with Crippen LogP contribution in [0.4, 0.5) is 0 Å². The van der Waals surface area contributed by atoms with E-state index in [-0.39, 0.29) is 0 Å². The summed E-state index contributed by atoms with van der Waals surface area (Å²) in [6.45, 7) is 15.1. The molecule has 0 amide bonds. The molecule has 1 aliphatic rings. The van der Waals surface area contributed by atoms with Crippen LogP contribution >= 0.6 is 0 Å². The maximum Gasteiger partial charge on any atom is 0.0223 e. The Kier molecular flexibility index (Phi) is 7.20. The van der Waals surface area contributed by atoms with E-state index in [9.17, 15) is 0 Å². The number of likely N-dealkylation sites (N-methyl/N-ethyl adjacent to an activating group) is 2. The first-order chi connectivity index (χ1) is 8.54. The Morgan fingerprint density at radius 1 is 1.33 bits per heavy atom. The van der Waals surface area contributed by atoms with Gasteiger partial charge in [-0.05, 0) is 45.8 Å². The predicted molar refractivity (Wildman–Crippen MR) is 80.1 cm³/mol. The molecule has 1 rings (SSSR count). The third kappa shape index (κ3) is 5.25. The smallest absolute Gasteiger partial charge is 0.0223 e. The Balaban J connectivity index is 2.15. The van der Waals surface area contributed by atoms with E-state index in [1.54, 1.807) is 0 Å². The quantitative estimate of drug-likeness (QED) is 0.716. The van der Waals surface area contributed by atoms with Crippen LogP contribution < -0.4 is 5.32 Å². The predicted octanol–water partition coefficient (Wildman–Crippen LogP) is 2.04. The molecular formula is C15H33N3. The molecule has 0 aromatic heterocycles. The van der Waals surface area contributed by atoms with Crippen LogP contribution in [0.2, 0.25) is 0 Å². The molecule has 3 heteroatoms. The van der Waals surface area contributed by atoms with Gasteiger partial charge in [-0.25, -0.2) is 0 Å². The lowest BCUT2D eigenvalue weighted by molar-refractivity contribution is 0.197. The van der Waals surface area contributed by atoms with Gasteiger partial charge in [0.1, 0.15) is 0 Å². The molecule has 0 aromatic rings. The van der Waals surface area contributed by atoms with Gasteiger partial charge in [-0.2, -0.15) is 0 Å². The first-order valence-corrected chi connectivity index (χ1v) is 7.70. The Morgan fingerprint density at radius 3 is 2.67 bits per heavy atom. The molecule has 1 saturated heterocycles. The Bertz CT molecular complexity index is 218. The molecule has 1 aliphatic heterocycles. The normalized spacial score (nSPS) is 23.2. The van der Waals surface area contributed by atoms with Gasteiger partial charge in [0.2, 0.25) is 0 Å². The third-order valence-electron chi connectivity index (χ3n) is 4.39. The average Bonchev–Trinajstić information content (AvgIpc) is 2.75. The minimum Gasteiger partial charge on any atom is -0.313 e. The molecule has 0 saturated carbocycles. The SMILES string of the molecule is CCN1CCCC1CN(C)CCNC(C)C(C)C. The first kappa shape index (κ1) is 15.9. The van der Waals surface area contributed by atoms with Crippen LogP contribution in [0, 0.1) is 5.92 Å². The number of hydrogen-bond acceptors (Lipinski definition) is 3. The molecule has 0 radical (unpaired) electrons. The van der Waals surface area contributed by atoms with Crippen molar-refractivity contribution in [3.8, 4) is 0 Å². The number of nitrogens with one attached hydrogen (secondary N) is 1. The van der Waals surface area contributed by atoms with Gasteiger partial charge in [-0.3, -0.25) is 4.90 Å². The van der Waals surface area contributed by atoms with Gasteiger partial charge in [0, 0.05) is 31.7 Å². The molecular weight excluding hydrogens is 222 g/mol. The van der Waals surface area contributed by atoms with E-state index in [4.69, 9.17) is 0 Å². The maximum absolute atomic E-state index is 3.61. The van der Waals surface area contributed by atoms with Crippen molar-refractivity contribution < 1.29 is 0 Å². The minimum absolute atomic E-state index is 0.622.